The Kier molecular flexibility index (Phi) is 7.19. The molecule has 29 heavy (non-hydrogen) atoms. The summed E-state index contributed by atoms with van der Waals surface area (Å²) in [5.41, 5.74) is 2.04. The fourth-order valence-corrected chi connectivity index (χ4v) is 3.52. The van der Waals surface area contributed by atoms with E-state index < -0.39 is 0 Å². The summed E-state index contributed by atoms with van der Waals surface area (Å²) in [4.78, 5) is 18.5. The van der Waals surface area contributed by atoms with Gasteiger partial charge in [-0.05, 0) is 49.2 Å². The van der Waals surface area contributed by atoms with Crippen LogP contribution < -0.4 is 9.47 Å². The third kappa shape index (κ3) is 5.77. The Morgan fingerprint density at radius 1 is 1.03 bits per heavy atom. The highest BCUT2D eigenvalue weighted by atomic mass is 32.1. The lowest BCUT2D eigenvalue weighted by molar-refractivity contribution is -0.130. The van der Waals surface area contributed by atoms with Crippen molar-refractivity contribution in [3.63, 3.8) is 0 Å². The zero-order chi connectivity index (χ0) is 20.6. The zero-order valence-electron chi connectivity index (χ0n) is 16.9. The van der Waals surface area contributed by atoms with E-state index in [1.807, 2.05) is 67.3 Å². The first-order chi connectivity index (χ1) is 14.1. The van der Waals surface area contributed by atoms with E-state index in [9.17, 15) is 4.79 Å². The summed E-state index contributed by atoms with van der Waals surface area (Å²) in [7, 11) is 1.65. The molecule has 1 aromatic heterocycles. The van der Waals surface area contributed by atoms with Crippen LogP contribution in [0.25, 0.3) is 0 Å². The summed E-state index contributed by atoms with van der Waals surface area (Å²) in [5.74, 6) is 2.33. The molecule has 0 N–H and O–H groups in total. The SMILES string of the molecule is CCN(CC)C(=O)Cc1ccc(Oc2nc(Cc3cccc(OC)c3)ns2)cc1. The molecule has 0 aliphatic rings. The molecule has 0 aliphatic heterocycles. The molecule has 152 valence electrons. The molecule has 3 rings (SSSR count). The summed E-state index contributed by atoms with van der Waals surface area (Å²) < 4.78 is 15.4. The maximum Gasteiger partial charge on any atom is 0.298 e. The van der Waals surface area contributed by atoms with Crippen molar-refractivity contribution in [2.75, 3.05) is 20.2 Å². The number of rotatable bonds is 9. The minimum Gasteiger partial charge on any atom is -0.497 e. The van der Waals surface area contributed by atoms with Gasteiger partial charge in [-0.2, -0.15) is 9.36 Å². The van der Waals surface area contributed by atoms with Crippen LogP contribution in [0.1, 0.15) is 30.8 Å². The molecule has 1 amide bonds. The lowest BCUT2D eigenvalue weighted by Gasteiger charge is -2.18. The van der Waals surface area contributed by atoms with Crippen LogP contribution >= 0.6 is 11.5 Å². The highest BCUT2D eigenvalue weighted by Gasteiger charge is 2.11. The van der Waals surface area contributed by atoms with Crippen LogP contribution in [-0.2, 0) is 17.6 Å². The standard InChI is InChI=1S/C22H25N3O3S/c1-4-25(5-2)21(26)15-16-9-11-18(12-10-16)28-22-23-20(24-29-22)14-17-7-6-8-19(13-17)27-3/h6-13H,4-5,14-15H2,1-3H3. The van der Waals surface area contributed by atoms with E-state index >= 15 is 0 Å². The number of likely N-dealkylation sites (N-methyl/N-ethyl adjacent to an activating group) is 1. The number of methoxy groups -OCH3 is 1. The average molecular weight is 412 g/mol. The summed E-state index contributed by atoms with van der Waals surface area (Å²) in [6.07, 6.45) is 1.01. The molecular formula is C22H25N3O3S. The molecule has 6 nitrogen and oxygen atoms in total. The molecule has 0 unspecified atom stereocenters. The van der Waals surface area contributed by atoms with Gasteiger partial charge in [-0.25, -0.2) is 0 Å². The molecule has 0 spiro atoms. The van der Waals surface area contributed by atoms with E-state index in [4.69, 9.17) is 9.47 Å². The maximum absolute atomic E-state index is 12.2. The van der Waals surface area contributed by atoms with Crippen LogP contribution in [0.5, 0.6) is 16.7 Å². The fourth-order valence-electron chi connectivity index (χ4n) is 2.96. The van der Waals surface area contributed by atoms with Crippen LogP contribution in [-0.4, -0.2) is 40.4 Å². The van der Waals surface area contributed by atoms with Crippen LogP contribution in [0.15, 0.2) is 48.5 Å². The van der Waals surface area contributed by atoms with E-state index in [2.05, 4.69) is 9.36 Å². The van der Waals surface area contributed by atoms with Crippen LogP contribution in [0.2, 0.25) is 0 Å². The van der Waals surface area contributed by atoms with Crippen molar-refractivity contribution < 1.29 is 14.3 Å². The maximum atomic E-state index is 12.2. The van der Waals surface area contributed by atoms with Gasteiger partial charge in [0.2, 0.25) is 5.91 Å². The third-order valence-corrected chi connectivity index (χ3v) is 5.18. The van der Waals surface area contributed by atoms with Gasteiger partial charge in [0.15, 0.2) is 5.82 Å². The Labute approximate surface area is 175 Å². The Morgan fingerprint density at radius 2 is 1.79 bits per heavy atom. The predicted octanol–water partition coefficient (Wildman–Crippen LogP) is 4.34. The van der Waals surface area contributed by atoms with Crippen LogP contribution in [0.4, 0.5) is 0 Å². The van der Waals surface area contributed by atoms with Crippen molar-refractivity contribution in [2.24, 2.45) is 0 Å². The van der Waals surface area contributed by atoms with Crippen LogP contribution in [0.3, 0.4) is 0 Å². The van der Waals surface area contributed by atoms with Crippen molar-refractivity contribution in [1.82, 2.24) is 14.3 Å². The van der Waals surface area contributed by atoms with Crippen molar-refractivity contribution in [3.05, 3.63) is 65.5 Å². The smallest absolute Gasteiger partial charge is 0.298 e. The van der Waals surface area contributed by atoms with Gasteiger partial charge in [0.05, 0.1) is 13.5 Å². The number of amides is 1. The first kappa shape index (κ1) is 20.8. The quantitative estimate of drug-likeness (QED) is 0.524. The number of carbonyl (C=O) groups excluding carboxylic acids is 1. The molecule has 0 bridgehead atoms. The topological polar surface area (TPSA) is 64.6 Å². The fraction of sp³-hybridized carbons (Fsp3) is 0.318. The number of nitrogens with zero attached hydrogens (tertiary/aromatic N) is 3. The second kappa shape index (κ2) is 10.0. The molecule has 0 fully saturated rings. The lowest BCUT2D eigenvalue weighted by atomic mass is 10.1. The minimum atomic E-state index is 0.134. The molecule has 1 heterocycles. The molecule has 0 aliphatic carbocycles. The largest absolute Gasteiger partial charge is 0.497 e. The summed E-state index contributed by atoms with van der Waals surface area (Å²) in [5, 5.41) is 0.495. The van der Waals surface area contributed by atoms with Crippen molar-refractivity contribution in [3.8, 4) is 16.7 Å². The van der Waals surface area contributed by atoms with Gasteiger partial charge in [-0.1, -0.05) is 24.3 Å². The highest BCUT2D eigenvalue weighted by molar-refractivity contribution is 7.07. The average Bonchev–Trinajstić information content (AvgIpc) is 3.17. The summed E-state index contributed by atoms with van der Waals surface area (Å²) in [6, 6.07) is 15.4. The summed E-state index contributed by atoms with van der Waals surface area (Å²) in [6.45, 7) is 5.43. The number of benzene rings is 2. The van der Waals surface area contributed by atoms with Crippen molar-refractivity contribution in [1.29, 1.82) is 0 Å². The lowest BCUT2D eigenvalue weighted by Crippen LogP contribution is -2.31. The van der Waals surface area contributed by atoms with Crippen LogP contribution in [0, 0.1) is 0 Å². The number of carbonyl (C=O) groups is 1. The predicted molar refractivity (Wildman–Crippen MR) is 114 cm³/mol. The van der Waals surface area contributed by atoms with Gasteiger partial charge < -0.3 is 14.4 Å². The Hall–Kier alpha value is -2.93. The molecular weight excluding hydrogens is 386 g/mol. The molecule has 0 saturated carbocycles. The normalized spacial score (nSPS) is 10.6. The van der Waals surface area contributed by atoms with Gasteiger partial charge in [-0.3, -0.25) is 4.79 Å². The van der Waals surface area contributed by atoms with Crippen molar-refractivity contribution >= 4 is 17.4 Å². The molecule has 0 saturated heterocycles. The number of aromatic nitrogens is 2. The van der Waals surface area contributed by atoms with E-state index in [0.717, 1.165) is 30.0 Å². The zero-order valence-corrected chi connectivity index (χ0v) is 17.7. The summed E-state index contributed by atoms with van der Waals surface area (Å²) >= 11 is 1.22. The molecule has 0 radical (unpaired) electrons. The third-order valence-electron chi connectivity index (χ3n) is 4.55. The monoisotopic (exact) mass is 411 g/mol. The first-order valence-electron chi connectivity index (χ1n) is 9.61. The van der Waals surface area contributed by atoms with Gasteiger partial charge in [0.1, 0.15) is 11.5 Å². The van der Waals surface area contributed by atoms with Gasteiger partial charge in [0.25, 0.3) is 5.19 Å². The number of hydrogen-bond donors (Lipinski definition) is 0. The second-order valence-electron chi connectivity index (χ2n) is 6.49. The van der Waals surface area contributed by atoms with E-state index in [1.165, 1.54) is 11.5 Å². The van der Waals surface area contributed by atoms with E-state index in [1.54, 1.807) is 7.11 Å². The number of hydrogen-bond acceptors (Lipinski definition) is 6. The molecule has 7 heteroatoms. The minimum absolute atomic E-state index is 0.134. The molecule has 2 aromatic carbocycles. The highest BCUT2D eigenvalue weighted by Crippen LogP contribution is 2.25. The second-order valence-corrected chi connectivity index (χ2v) is 7.21. The first-order valence-corrected chi connectivity index (χ1v) is 10.4. The number of ether oxygens (including phenoxy) is 2. The Balaban J connectivity index is 1.58. The van der Waals surface area contributed by atoms with Gasteiger partial charge in [0, 0.05) is 31.0 Å². The van der Waals surface area contributed by atoms with E-state index in [0.29, 0.717) is 29.6 Å². The Bertz CT molecular complexity index is 936. The molecule has 0 atom stereocenters. The van der Waals surface area contributed by atoms with Crippen molar-refractivity contribution in [2.45, 2.75) is 26.7 Å². The van der Waals surface area contributed by atoms with Gasteiger partial charge >= 0.3 is 0 Å². The molecule has 3 aromatic rings. The van der Waals surface area contributed by atoms with Gasteiger partial charge in [-0.15, -0.1) is 0 Å². The van der Waals surface area contributed by atoms with E-state index in [-0.39, 0.29) is 5.91 Å². The Morgan fingerprint density at radius 3 is 2.48 bits per heavy atom.